The molecule has 0 fully saturated rings. The van der Waals surface area contributed by atoms with E-state index >= 15 is 0 Å². The lowest BCUT2D eigenvalue weighted by molar-refractivity contribution is 0.0945. The second kappa shape index (κ2) is 10.1. The van der Waals surface area contributed by atoms with Crippen molar-refractivity contribution in [2.24, 2.45) is 0 Å². The van der Waals surface area contributed by atoms with Gasteiger partial charge >= 0.3 is 0 Å². The maximum absolute atomic E-state index is 13.3. The van der Waals surface area contributed by atoms with Crippen LogP contribution in [0.1, 0.15) is 55.0 Å². The van der Waals surface area contributed by atoms with Gasteiger partial charge in [0.2, 0.25) is 0 Å². The van der Waals surface area contributed by atoms with E-state index in [0.717, 1.165) is 27.9 Å². The molecule has 1 amide bonds. The van der Waals surface area contributed by atoms with Crippen LogP contribution in [0.4, 0.5) is 0 Å². The molecule has 0 saturated carbocycles. The van der Waals surface area contributed by atoms with Gasteiger partial charge in [-0.25, -0.2) is 0 Å². The summed E-state index contributed by atoms with van der Waals surface area (Å²) in [5.74, 6) is 0.699. The lowest BCUT2D eigenvalue weighted by Crippen LogP contribution is -2.28. The van der Waals surface area contributed by atoms with Crippen molar-refractivity contribution < 1.29 is 9.53 Å². The minimum absolute atomic E-state index is 0.0964. The van der Waals surface area contributed by atoms with Crippen LogP contribution in [0, 0.1) is 0 Å². The summed E-state index contributed by atoms with van der Waals surface area (Å²) in [4.78, 5) is 17.6. The van der Waals surface area contributed by atoms with Gasteiger partial charge in [0, 0.05) is 36.8 Å². The van der Waals surface area contributed by atoms with Crippen molar-refractivity contribution >= 4 is 16.8 Å². The van der Waals surface area contributed by atoms with Crippen LogP contribution in [0.5, 0.6) is 5.75 Å². The number of aromatic nitrogens is 2. The number of carbonyl (C=O) groups excluding carboxylic acids is 1. The Morgan fingerprint density at radius 3 is 2.50 bits per heavy atom. The fourth-order valence-corrected chi connectivity index (χ4v) is 4.13. The molecule has 176 valence electrons. The molecule has 0 radical (unpaired) electrons. The topological polar surface area (TPSA) is 56.1 Å². The first-order valence-electron chi connectivity index (χ1n) is 11.9. The Kier molecular flexibility index (Phi) is 7.01. The highest BCUT2D eigenvalue weighted by Gasteiger charge is 2.19. The summed E-state index contributed by atoms with van der Waals surface area (Å²) < 4.78 is 7.94. The Balaban J connectivity index is 1.63. The molecule has 2 aromatic carbocycles. The van der Waals surface area contributed by atoms with Gasteiger partial charge in [0.1, 0.15) is 11.4 Å². The Morgan fingerprint density at radius 1 is 1.03 bits per heavy atom. The van der Waals surface area contributed by atoms with Crippen LogP contribution in [-0.2, 0) is 18.4 Å². The summed E-state index contributed by atoms with van der Waals surface area (Å²) in [5.41, 5.74) is 5.11. The number of hydrogen-bond acceptors (Lipinski definition) is 3. The van der Waals surface area contributed by atoms with Crippen LogP contribution < -0.4 is 10.1 Å². The number of nitrogens with zero attached hydrogens (tertiary/aromatic N) is 2. The normalized spacial score (nSPS) is 11.5. The summed E-state index contributed by atoms with van der Waals surface area (Å²) >= 11 is 0. The van der Waals surface area contributed by atoms with E-state index in [0.29, 0.717) is 31.8 Å². The number of carbonyl (C=O) groups is 1. The molecular formula is C29H33N3O2. The molecule has 0 saturated heterocycles. The maximum atomic E-state index is 13.3. The Bertz CT molecular complexity index is 1250. The van der Waals surface area contributed by atoms with E-state index < -0.39 is 0 Å². The van der Waals surface area contributed by atoms with Gasteiger partial charge in [-0.3, -0.25) is 9.78 Å². The standard InChI is InChI=1S/C29H33N3O2/c1-5-34-27-11-8-10-25-24(27)19-26(28(33)31-18-16-23-9-6-7-17-30-23)32(25)20-21-12-14-22(15-13-21)29(2,3)4/h6-15,17,19H,5,16,18,20H2,1-4H3,(H,31,33). The van der Waals surface area contributed by atoms with Crippen molar-refractivity contribution in [3.05, 3.63) is 95.4 Å². The quantitative estimate of drug-likeness (QED) is 0.368. The number of rotatable bonds is 8. The zero-order chi connectivity index (χ0) is 24.1. The van der Waals surface area contributed by atoms with Gasteiger partial charge in [0.15, 0.2) is 0 Å². The monoisotopic (exact) mass is 455 g/mol. The lowest BCUT2D eigenvalue weighted by atomic mass is 9.87. The predicted molar refractivity (Wildman–Crippen MR) is 138 cm³/mol. The summed E-state index contributed by atoms with van der Waals surface area (Å²) in [6.45, 7) is 10.3. The fraction of sp³-hybridized carbons (Fsp3) is 0.310. The van der Waals surface area contributed by atoms with E-state index in [1.54, 1.807) is 6.20 Å². The second-order valence-electron chi connectivity index (χ2n) is 9.51. The first-order valence-corrected chi connectivity index (χ1v) is 11.9. The second-order valence-corrected chi connectivity index (χ2v) is 9.51. The van der Waals surface area contributed by atoms with Gasteiger partial charge in [-0.1, -0.05) is 57.2 Å². The molecule has 0 unspecified atom stereocenters. The molecule has 4 rings (SSSR count). The summed E-state index contributed by atoms with van der Waals surface area (Å²) in [6, 6.07) is 22.4. The van der Waals surface area contributed by atoms with Gasteiger partial charge < -0.3 is 14.6 Å². The summed E-state index contributed by atoms with van der Waals surface area (Å²) in [6.07, 6.45) is 2.46. The highest BCUT2D eigenvalue weighted by molar-refractivity contribution is 6.00. The molecule has 2 heterocycles. The third-order valence-electron chi connectivity index (χ3n) is 5.99. The number of hydrogen-bond donors (Lipinski definition) is 1. The van der Waals surface area contributed by atoms with Gasteiger partial charge in [-0.15, -0.1) is 0 Å². The number of nitrogens with one attached hydrogen (secondary N) is 1. The molecule has 0 atom stereocenters. The predicted octanol–water partition coefficient (Wildman–Crippen LogP) is 5.75. The lowest BCUT2D eigenvalue weighted by Gasteiger charge is -2.19. The molecule has 2 aromatic heterocycles. The van der Waals surface area contributed by atoms with Crippen LogP contribution in [0.15, 0.2) is 72.9 Å². The SMILES string of the molecule is CCOc1cccc2c1cc(C(=O)NCCc1ccccn1)n2Cc1ccc(C(C)(C)C)cc1. The molecule has 0 aliphatic carbocycles. The van der Waals surface area contributed by atoms with Gasteiger partial charge in [0.25, 0.3) is 5.91 Å². The Labute approximate surface area is 201 Å². The number of pyridine rings is 1. The molecule has 5 nitrogen and oxygen atoms in total. The van der Waals surface area contributed by atoms with Crippen molar-refractivity contribution in [2.45, 2.75) is 46.1 Å². The minimum Gasteiger partial charge on any atom is -0.493 e. The average Bonchev–Trinajstić information content (AvgIpc) is 3.19. The van der Waals surface area contributed by atoms with Gasteiger partial charge in [0.05, 0.1) is 12.1 Å². The smallest absolute Gasteiger partial charge is 0.267 e. The molecule has 0 aliphatic rings. The van der Waals surface area contributed by atoms with Crippen LogP contribution in [0.3, 0.4) is 0 Å². The molecule has 0 aliphatic heterocycles. The van der Waals surface area contributed by atoms with E-state index in [4.69, 9.17) is 4.74 Å². The average molecular weight is 456 g/mol. The van der Waals surface area contributed by atoms with Crippen LogP contribution in [-0.4, -0.2) is 28.6 Å². The third kappa shape index (κ3) is 5.30. The van der Waals surface area contributed by atoms with Crippen LogP contribution in [0.2, 0.25) is 0 Å². The molecule has 1 N–H and O–H groups in total. The van der Waals surface area contributed by atoms with E-state index in [9.17, 15) is 4.79 Å². The highest BCUT2D eigenvalue weighted by Crippen LogP contribution is 2.30. The Morgan fingerprint density at radius 2 is 1.82 bits per heavy atom. The van der Waals surface area contributed by atoms with Crippen molar-refractivity contribution in [1.29, 1.82) is 0 Å². The van der Waals surface area contributed by atoms with Crippen molar-refractivity contribution in [3.8, 4) is 5.75 Å². The van der Waals surface area contributed by atoms with Gasteiger partial charge in [-0.05, 0) is 53.8 Å². The van der Waals surface area contributed by atoms with Crippen molar-refractivity contribution in [1.82, 2.24) is 14.9 Å². The molecular weight excluding hydrogens is 422 g/mol. The van der Waals surface area contributed by atoms with Crippen molar-refractivity contribution in [2.75, 3.05) is 13.2 Å². The van der Waals surface area contributed by atoms with Gasteiger partial charge in [-0.2, -0.15) is 0 Å². The van der Waals surface area contributed by atoms with E-state index in [-0.39, 0.29) is 11.3 Å². The van der Waals surface area contributed by atoms with Crippen LogP contribution >= 0.6 is 0 Å². The van der Waals surface area contributed by atoms with E-state index in [1.807, 2.05) is 49.4 Å². The highest BCUT2D eigenvalue weighted by atomic mass is 16.5. The zero-order valence-electron chi connectivity index (χ0n) is 20.5. The van der Waals surface area contributed by atoms with E-state index in [1.165, 1.54) is 5.56 Å². The first-order chi connectivity index (χ1) is 16.4. The van der Waals surface area contributed by atoms with E-state index in [2.05, 4.69) is 59.9 Å². The molecule has 0 spiro atoms. The molecule has 5 heteroatoms. The van der Waals surface area contributed by atoms with Crippen LogP contribution in [0.25, 0.3) is 10.9 Å². The maximum Gasteiger partial charge on any atom is 0.267 e. The zero-order valence-corrected chi connectivity index (χ0v) is 20.5. The molecule has 0 bridgehead atoms. The number of amides is 1. The minimum atomic E-state index is -0.0964. The Hall–Kier alpha value is -3.60. The summed E-state index contributed by atoms with van der Waals surface area (Å²) in [7, 11) is 0. The first kappa shape index (κ1) is 23.6. The molecule has 34 heavy (non-hydrogen) atoms. The fourth-order valence-electron chi connectivity index (χ4n) is 4.13. The summed E-state index contributed by atoms with van der Waals surface area (Å²) in [5, 5.41) is 4.02. The van der Waals surface area contributed by atoms with Crippen molar-refractivity contribution in [3.63, 3.8) is 0 Å². The number of ether oxygens (including phenoxy) is 1. The third-order valence-corrected chi connectivity index (χ3v) is 5.99. The largest absolute Gasteiger partial charge is 0.493 e. The number of benzene rings is 2. The molecule has 4 aromatic rings. The number of fused-ring (bicyclic) bond motifs is 1.